The minimum absolute atomic E-state index is 0.306. The number of thiophene rings is 1. The van der Waals surface area contributed by atoms with Crippen LogP contribution in [0.2, 0.25) is 0 Å². The molecule has 0 amide bonds. The van der Waals surface area contributed by atoms with Gasteiger partial charge in [0.25, 0.3) is 6.08 Å². The van der Waals surface area contributed by atoms with Crippen molar-refractivity contribution in [3.8, 4) is 11.1 Å². The van der Waals surface area contributed by atoms with Crippen LogP contribution < -0.4 is 16.3 Å². The van der Waals surface area contributed by atoms with E-state index in [2.05, 4.69) is 10.1 Å². The first-order valence-corrected chi connectivity index (χ1v) is 9.33. The third kappa shape index (κ3) is 4.34. The zero-order chi connectivity index (χ0) is 20.3. The summed E-state index contributed by atoms with van der Waals surface area (Å²) in [5.41, 5.74) is 6.51. The van der Waals surface area contributed by atoms with Crippen molar-refractivity contribution in [2.75, 3.05) is 25.5 Å². The lowest BCUT2D eigenvalue weighted by molar-refractivity contribution is 0.400. The molecule has 28 heavy (non-hydrogen) atoms. The van der Waals surface area contributed by atoms with E-state index in [9.17, 15) is 13.6 Å². The molecule has 0 spiro atoms. The average molecular weight is 406 g/mol. The molecular weight excluding hydrogens is 386 g/mol. The molecule has 0 aliphatic heterocycles. The molecule has 10 heteroatoms. The van der Waals surface area contributed by atoms with Crippen LogP contribution in [0.15, 0.2) is 52.6 Å². The van der Waals surface area contributed by atoms with Gasteiger partial charge in [0.1, 0.15) is 12.1 Å². The van der Waals surface area contributed by atoms with E-state index in [1.165, 1.54) is 22.2 Å². The standard InChI is InChI=1S/C18H20F2N6OS/c1-24(2)16-4-3-12(7-22-16)13-5-15(28-10-13)9-25-11-23-26(18(25)27)8-14(6-21)17(19)20/h3-5,7,10-11H,6,8-9,21H2,1-2H3. The lowest BCUT2D eigenvalue weighted by Crippen LogP contribution is -2.27. The molecule has 0 bridgehead atoms. The Balaban J connectivity index is 1.75. The predicted octanol–water partition coefficient (Wildman–Crippen LogP) is 2.39. The van der Waals surface area contributed by atoms with Crippen LogP contribution in [-0.2, 0) is 13.1 Å². The van der Waals surface area contributed by atoms with Crippen molar-refractivity contribution >= 4 is 17.2 Å². The highest BCUT2D eigenvalue weighted by molar-refractivity contribution is 7.10. The summed E-state index contributed by atoms with van der Waals surface area (Å²) in [5, 5.41) is 5.90. The van der Waals surface area contributed by atoms with Crippen LogP contribution in [0.1, 0.15) is 4.88 Å². The number of aromatic nitrogens is 4. The Hall–Kier alpha value is -2.85. The number of rotatable bonds is 7. The van der Waals surface area contributed by atoms with Crippen molar-refractivity contribution in [3.05, 3.63) is 63.1 Å². The van der Waals surface area contributed by atoms with Gasteiger partial charge in [0.15, 0.2) is 0 Å². The maximum atomic E-state index is 12.7. The zero-order valence-electron chi connectivity index (χ0n) is 15.5. The molecule has 3 aromatic heterocycles. The van der Waals surface area contributed by atoms with Crippen LogP contribution in [0.5, 0.6) is 0 Å². The smallest absolute Gasteiger partial charge is 0.346 e. The Bertz CT molecular complexity index is 1030. The van der Waals surface area contributed by atoms with Crippen molar-refractivity contribution in [3.63, 3.8) is 0 Å². The largest absolute Gasteiger partial charge is 0.363 e. The van der Waals surface area contributed by atoms with Gasteiger partial charge >= 0.3 is 5.69 Å². The summed E-state index contributed by atoms with van der Waals surface area (Å²) in [5.74, 6) is 0.869. The lowest BCUT2D eigenvalue weighted by atomic mass is 10.1. The van der Waals surface area contributed by atoms with Crippen LogP contribution in [0, 0.1) is 0 Å². The molecule has 3 aromatic rings. The highest BCUT2D eigenvalue weighted by Gasteiger charge is 2.12. The molecule has 148 valence electrons. The second-order valence-electron chi connectivity index (χ2n) is 6.37. The summed E-state index contributed by atoms with van der Waals surface area (Å²) >= 11 is 1.51. The van der Waals surface area contributed by atoms with Gasteiger partial charge in [0, 0.05) is 42.9 Å². The number of nitrogens with two attached hydrogens (primary N) is 1. The summed E-state index contributed by atoms with van der Waals surface area (Å²) in [4.78, 5) is 19.6. The first-order chi connectivity index (χ1) is 13.4. The van der Waals surface area contributed by atoms with E-state index in [0.29, 0.717) is 6.54 Å². The quantitative estimate of drug-likeness (QED) is 0.652. The Morgan fingerprint density at radius 1 is 1.29 bits per heavy atom. The van der Waals surface area contributed by atoms with Crippen LogP contribution in [0.25, 0.3) is 11.1 Å². The molecule has 0 atom stereocenters. The van der Waals surface area contributed by atoms with E-state index < -0.39 is 11.8 Å². The molecule has 0 fully saturated rings. The normalized spacial score (nSPS) is 10.9. The van der Waals surface area contributed by atoms with Gasteiger partial charge < -0.3 is 10.6 Å². The zero-order valence-corrected chi connectivity index (χ0v) is 16.3. The Morgan fingerprint density at radius 2 is 2.07 bits per heavy atom. The fourth-order valence-corrected chi connectivity index (χ4v) is 3.47. The van der Waals surface area contributed by atoms with E-state index in [0.717, 1.165) is 26.5 Å². The third-order valence-corrected chi connectivity index (χ3v) is 5.09. The molecule has 7 nitrogen and oxygen atoms in total. The second kappa shape index (κ2) is 8.44. The van der Waals surface area contributed by atoms with Crippen LogP contribution >= 0.6 is 11.3 Å². The number of hydrogen-bond acceptors (Lipinski definition) is 6. The highest BCUT2D eigenvalue weighted by atomic mass is 32.1. The maximum Gasteiger partial charge on any atom is 0.346 e. The maximum absolute atomic E-state index is 12.7. The first-order valence-electron chi connectivity index (χ1n) is 8.45. The van der Waals surface area contributed by atoms with Gasteiger partial charge in [-0.3, -0.25) is 4.57 Å². The molecule has 0 saturated heterocycles. The molecule has 0 aliphatic carbocycles. The van der Waals surface area contributed by atoms with Crippen molar-refractivity contribution in [1.29, 1.82) is 0 Å². The predicted molar refractivity (Wildman–Crippen MR) is 106 cm³/mol. The summed E-state index contributed by atoms with van der Waals surface area (Å²) in [7, 11) is 3.85. The fraction of sp³-hybridized carbons (Fsp3) is 0.278. The molecule has 0 aliphatic rings. The van der Waals surface area contributed by atoms with Gasteiger partial charge in [-0.25, -0.2) is 14.5 Å². The molecule has 3 rings (SSSR count). The minimum atomic E-state index is -1.87. The number of anilines is 1. The van der Waals surface area contributed by atoms with Gasteiger partial charge in [-0.1, -0.05) is 0 Å². The van der Waals surface area contributed by atoms with Gasteiger partial charge in [0.05, 0.1) is 13.1 Å². The fourth-order valence-electron chi connectivity index (χ4n) is 2.58. The van der Waals surface area contributed by atoms with Gasteiger partial charge in [-0.2, -0.15) is 13.9 Å². The molecule has 0 unspecified atom stereocenters. The number of hydrogen-bond donors (Lipinski definition) is 1. The Kier molecular flexibility index (Phi) is 6.00. The van der Waals surface area contributed by atoms with Gasteiger partial charge in [-0.15, -0.1) is 11.3 Å². The van der Waals surface area contributed by atoms with Crippen LogP contribution in [0.4, 0.5) is 14.6 Å². The number of nitrogens with zero attached hydrogens (tertiary/aromatic N) is 5. The first kappa shape index (κ1) is 19.9. The molecule has 0 saturated carbocycles. The van der Waals surface area contributed by atoms with Crippen molar-refractivity contribution in [1.82, 2.24) is 19.3 Å². The lowest BCUT2D eigenvalue weighted by Gasteiger charge is -2.10. The number of pyridine rings is 1. The van der Waals surface area contributed by atoms with Gasteiger partial charge in [0.2, 0.25) is 0 Å². The van der Waals surface area contributed by atoms with E-state index in [1.807, 2.05) is 42.6 Å². The molecule has 3 heterocycles. The summed E-state index contributed by atoms with van der Waals surface area (Å²) in [6, 6.07) is 5.91. The van der Waals surface area contributed by atoms with E-state index in [1.54, 1.807) is 6.20 Å². The van der Waals surface area contributed by atoms with E-state index >= 15 is 0 Å². The number of halogens is 2. The van der Waals surface area contributed by atoms with Crippen molar-refractivity contribution in [2.45, 2.75) is 13.1 Å². The topological polar surface area (TPSA) is 82.0 Å². The average Bonchev–Trinajstić information content (AvgIpc) is 3.27. The third-order valence-electron chi connectivity index (χ3n) is 4.17. The SMILES string of the molecule is CN(C)c1ccc(-c2csc(Cn3cnn(CC(CN)=C(F)F)c3=O)c2)cn1. The van der Waals surface area contributed by atoms with Crippen LogP contribution in [-0.4, -0.2) is 40.0 Å². The molecular formula is C18H20F2N6OS. The monoisotopic (exact) mass is 406 g/mol. The Morgan fingerprint density at radius 3 is 2.68 bits per heavy atom. The van der Waals surface area contributed by atoms with Crippen molar-refractivity contribution < 1.29 is 8.78 Å². The highest BCUT2D eigenvalue weighted by Crippen LogP contribution is 2.26. The molecule has 0 aromatic carbocycles. The summed E-state index contributed by atoms with van der Waals surface area (Å²) in [6.45, 7) is -0.326. The Labute approximate surface area is 164 Å². The summed E-state index contributed by atoms with van der Waals surface area (Å²) in [6.07, 6.45) is 1.28. The van der Waals surface area contributed by atoms with Crippen LogP contribution in [0.3, 0.4) is 0 Å². The van der Waals surface area contributed by atoms with Crippen molar-refractivity contribution in [2.24, 2.45) is 5.73 Å². The molecule has 0 radical (unpaired) electrons. The summed E-state index contributed by atoms with van der Waals surface area (Å²) < 4.78 is 27.9. The molecule has 2 N–H and O–H groups in total. The second-order valence-corrected chi connectivity index (χ2v) is 7.36. The minimum Gasteiger partial charge on any atom is -0.363 e. The van der Waals surface area contributed by atoms with E-state index in [-0.39, 0.29) is 18.7 Å². The van der Waals surface area contributed by atoms with Gasteiger partial charge in [-0.05, 0) is 29.1 Å². The van der Waals surface area contributed by atoms with E-state index in [4.69, 9.17) is 5.73 Å².